The van der Waals surface area contributed by atoms with Gasteiger partial charge in [0.15, 0.2) is 0 Å². The predicted octanol–water partition coefficient (Wildman–Crippen LogP) is 9.27. The Morgan fingerprint density at radius 2 is 1.17 bits per heavy atom. The number of hydrogen-bond donors (Lipinski definition) is 0. The van der Waals surface area contributed by atoms with Crippen molar-refractivity contribution in [2.45, 2.75) is 57.8 Å². The van der Waals surface area contributed by atoms with E-state index in [0.29, 0.717) is 0 Å². The smallest absolute Gasteiger partial charge is 0.0728 e. The molecular formula is C35H34. The molecule has 35 heavy (non-hydrogen) atoms. The van der Waals surface area contributed by atoms with Crippen LogP contribution in [0.5, 0.6) is 0 Å². The van der Waals surface area contributed by atoms with Crippen molar-refractivity contribution in [2.75, 3.05) is 0 Å². The molecule has 6 rings (SSSR count). The van der Waals surface area contributed by atoms with Crippen LogP contribution in [0.1, 0.15) is 80.5 Å². The Balaban J connectivity index is 1.88. The van der Waals surface area contributed by atoms with Crippen molar-refractivity contribution in [3.8, 4) is 22.3 Å². The van der Waals surface area contributed by atoms with Crippen molar-refractivity contribution in [3.05, 3.63) is 124 Å². The highest BCUT2D eigenvalue weighted by atomic mass is 14.5. The van der Waals surface area contributed by atoms with E-state index >= 15 is 0 Å². The summed E-state index contributed by atoms with van der Waals surface area (Å²) < 4.78 is 0. The molecule has 0 fully saturated rings. The second kappa shape index (κ2) is 7.08. The summed E-state index contributed by atoms with van der Waals surface area (Å²) in [4.78, 5) is 0. The predicted molar refractivity (Wildman–Crippen MR) is 150 cm³/mol. The van der Waals surface area contributed by atoms with Crippen LogP contribution < -0.4 is 0 Å². The zero-order valence-corrected chi connectivity index (χ0v) is 21.8. The summed E-state index contributed by atoms with van der Waals surface area (Å²) >= 11 is 0. The average molecular weight is 455 g/mol. The fourth-order valence-corrected chi connectivity index (χ4v) is 6.45. The standard InChI is InChI=1S/C35H34/c1-8-22-17-18-26-27-20-23(33(2,3)4)21-31(34(5,6)7)32(27)35(30(26)19-22)28-15-11-9-13-24(28)25-14-10-12-16-29(25)35/h8-21H,1H2,2-7H3. The molecule has 4 aromatic carbocycles. The largest absolute Gasteiger partial charge is 0.0985 e. The number of hydrogen-bond acceptors (Lipinski definition) is 0. The van der Waals surface area contributed by atoms with Crippen LogP contribution >= 0.6 is 0 Å². The van der Waals surface area contributed by atoms with Gasteiger partial charge in [0, 0.05) is 0 Å². The lowest BCUT2D eigenvalue weighted by Gasteiger charge is -2.36. The molecule has 0 N–H and O–H groups in total. The molecule has 0 aliphatic heterocycles. The second-order valence-electron chi connectivity index (χ2n) is 12.3. The molecule has 0 unspecified atom stereocenters. The van der Waals surface area contributed by atoms with Gasteiger partial charge in [0.1, 0.15) is 0 Å². The van der Waals surface area contributed by atoms with E-state index in [1.54, 1.807) is 0 Å². The van der Waals surface area contributed by atoms with E-state index in [9.17, 15) is 0 Å². The first-order chi connectivity index (χ1) is 16.6. The van der Waals surface area contributed by atoms with Crippen molar-refractivity contribution in [1.82, 2.24) is 0 Å². The topological polar surface area (TPSA) is 0 Å². The maximum Gasteiger partial charge on any atom is 0.0728 e. The highest BCUT2D eigenvalue weighted by molar-refractivity contribution is 5.96. The number of benzene rings is 4. The van der Waals surface area contributed by atoms with Crippen LogP contribution in [0.15, 0.2) is 85.4 Å². The molecule has 1 spiro atoms. The van der Waals surface area contributed by atoms with Gasteiger partial charge in [-0.05, 0) is 78.1 Å². The van der Waals surface area contributed by atoms with Crippen LogP contribution in [0.2, 0.25) is 0 Å². The zero-order valence-electron chi connectivity index (χ0n) is 21.8. The van der Waals surface area contributed by atoms with Crippen LogP contribution in [-0.4, -0.2) is 0 Å². The van der Waals surface area contributed by atoms with Crippen LogP contribution in [0, 0.1) is 0 Å². The molecule has 0 bridgehead atoms. The maximum atomic E-state index is 4.11. The van der Waals surface area contributed by atoms with Crippen LogP contribution in [0.3, 0.4) is 0 Å². The van der Waals surface area contributed by atoms with Gasteiger partial charge in [0.05, 0.1) is 5.41 Å². The zero-order chi connectivity index (χ0) is 24.8. The summed E-state index contributed by atoms with van der Waals surface area (Å²) in [7, 11) is 0. The van der Waals surface area contributed by atoms with E-state index in [1.165, 1.54) is 61.2 Å². The van der Waals surface area contributed by atoms with E-state index in [4.69, 9.17) is 0 Å². The Morgan fingerprint density at radius 1 is 0.600 bits per heavy atom. The van der Waals surface area contributed by atoms with E-state index in [1.807, 2.05) is 6.08 Å². The molecule has 0 atom stereocenters. The summed E-state index contributed by atoms with van der Waals surface area (Å²) in [6, 6.07) is 30.0. The van der Waals surface area contributed by atoms with Gasteiger partial charge >= 0.3 is 0 Å². The van der Waals surface area contributed by atoms with Gasteiger partial charge < -0.3 is 0 Å². The summed E-state index contributed by atoms with van der Waals surface area (Å²) in [6.07, 6.45) is 1.98. The van der Waals surface area contributed by atoms with Crippen molar-refractivity contribution < 1.29 is 0 Å². The quantitative estimate of drug-likeness (QED) is 0.232. The molecule has 0 heterocycles. The van der Waals surface area contributed by atoms with E-state index < -0.39 is 0 Å². The third-order valence-electron chi connectivity index (χ3n) is 8.11. The summed E-state index contributed by atoms with van der Waals surface area (Å²) in [5.74, 6) is 0. The van der Waals surface area contributed by atoms with E-state index in [-0.39, 0.29) is 16.2 Å². The summed E-state index contributed by atoms with van der Waals surface area (Å²) in [5, 5.41) is 0. The van der Waals surface area contributed by atoms with Crippen molar-refractivity contribution in [1.29, 1.82) is 0 Å². The number of rotatable bonds is 1. The SMILES string of the molecule is C=Cc1ccc2c(c1)C1(c3ccccc3-c3ccccc31)c1c-2cc(C(C)(C)C)cc1C(C)(C)C. The van der Waals surface area contributed by atoms with Gasteiger partial charge in [-0.1, -0.05) is 127 Å². The minimum Gasteiger partial charge on any atom is -0.0985 e. The lowest BCUT2D eigenvalue weighted by Crippen LogP contribution is -2.30. The third-order valence-corrected chi connectivity index (χ3v) is 8.11. The molecule has 2 aliphatic carbocycles. The second-order valence-corrected chi connectivity index (χ2v) is 12.3. The first-order valence-electron chi connectivity index (χ1n) is 12.7. The van der Waals surface area contributed by atoms with Gasteiger partial charge in [0.2, 0.25) is 0 Å². The Morgan fingerprint density at radius 3 is 1.71 bits per heavy atom. The van der Waals surface area contributed by atoms with Gasteiger partial charge in [0.25, 0.3) is 0 Å². The van der Waals surface area contributed by atoms with Gasteiger partial charge in [-0.25, -0.2) is 0 Å². The van der Waals surface area contributed by atoms with E-state index in [2.05, 4.69) is 127 Å². The molecule has 4 aromatic rings. The first-order valence-corrected chi connectivity index (χ1v) is 12.7. The van der Waals surface area contributed by atoms with E-state index in [0.717, 1.165) is 0 Å². The van der Waals surface area contributed by atoms with Crippen LogP contribution in [0.4, 0.5) is 0 Å². The van der Waals surface area contributed by atoms with Crippen molar-refractivity contribution in [2.24, 2.45) is 0 Å². The molecule has 0 aromatic heterocycles. The normalized spacial score (nSPS) is 14.9. The highest BCUT2D eigenvalue weighted by Gasteiger charge is 2.53. The van der Waals surface area contributed by atoms with Crippen LogP contribution in [-0.2, 0) is 16.2 Å². The Hall–Kier alpha value is -3.38. The van der Waals surface area contributed by atoms with Gasteiger partial charge in [-0.2, -0.15) is 0 Å². The Kier molecular flexibility index (Phi) is 4.47. The fraction of sp³-hybridized carbons (Fsp3) is 0.257. The first kappa shape index (κ1) is 22.1. The summed E-state index contributed by atoms with van der Waals surface area (Å²) in [6.45, 7) is 18.2. The molecule has 0 amide bonds. The van der Waals surface area contributed by atoms with Gasteiger partial charge in [-0.15, -0.1) is 0 Å². The Bertz CT molecular complexity index is 1470. The minimum absolute atomic E-state index is 0.00582. The fourth-order valence-electron chi connectivity index (χ4n) is 6.45. The monoisotopic (exact) mass is 454 g/mol. The average Bonchev–Trinajstić information content (AvgIpc) is 3.29. The molecule has 0 saturated heterocycles. The highest BCUT2D eigenvalue weighted by Crippen LogP contribution is 2.64. The van der Waals surface area contributed by atoms with Crippen molar-refractivity contribution >= 4 is 6.08 Å². The Labute approximate surface area is 210 Å². The maximum absolute atomic E-state index is 4.11. The van der Waals surface area contributed by atoms with Crippen LogP contribution in [0.25, 0.3) is 28.3 Å². The molecule has 0 heteroatoms. The molecule has 0 nitrogen and oxygen atoms in total. The van der Waals surface area contributed by atoms with Crippen molar-refractivity contribution in [3.63, 3.8) is 0 Å². The molecule has 174 valence electrons. The molecule has 0 saturated carbocycles. The summed E-state index contributed by atoms with van der Waals surface area (Å²) in [5.41, 5.74) is 14.9. The molecule has 0 radical (unpaired) electrons. The number of fused-ring (bicyclic) bond motifs is 10. The minimum atomic E-state index is -0.324. The molecular weight excluding hydrogens is 420 g/mol. The lowest BCUT2D eigenvalue weighted by molar-refractivity contribution is 0.558. The lowest BCUT2D eigenvalue weighted by atomic mass is 9.65. The van der Waals surface area contributed by atoms with Gasteiger partial charge in [-0.3, -0.25) is 0 Å². The third kappa shape index (κ3) is 2.86. The molecule has 2 aliphatic rings.